The van der Waals surface area contributed by atoms with E-state index in [1.165, 1.54) is 0 Å². The number of benzene rings is 2. The number of nitro benzene ring substituents is 1. The fourth-order valence-corrected chi connectivity index (χ4v) is 2.95. The van der Waals surface area contributed by atoms with E-state index in [1.807, 2.05) is 12.1 Å². The van der Waals surface area contributed by atoms with Crippen LogP contribution in [0.5, 0.6) is 11.5 Å². The molecule has 0 radical (unpaired) electrons. The average molecular weight is 370 g/mol. The van der Waals surface area contributed by atoms with Crippen LogP contribution < -0.4 is 14.4 Å². The van der Waals surface area contributed by atoms with Crippen molar-refractivity contribution in [3.8, 4) is 11.5 Å². The molecule has 9 heteroatoms. The Bertz CT molecular complexity index is 985. The van der Waals surface area contributed by atoms with Gasteiger partial charge in [-0.1, -0.05) is 18.2 Å². The van der Waals surface area contributed by atoms with Gasteiger partial charge in [-0.05, 0) is 28.5 Å². The van der Waals surface area contributed by atoms with Crippen molar-refractivity contribution in [2.24, 2.45) is 0 Å². The minimum Gasteiger partial charge on any atom is -0.493 e. The highest BCUT2D eigenvalue weighted by molar-refractivity contribution is 5.91. The molecule has 0 fully saturated rings. The number of ether oxygens (including phenoxy) is 2. The molecule has 0 saturated carbocycles. The van der Waals surface area contributed by atoms with E-state index in [-0.39, 0.29) is 11.2 Å². The van der Waals surface area contributed by atoms with Gasteiger partial charge in [-0.15, -0.1) is 6.58 Å². The van der Waals surface area contributed by atoms with E-state index in [4.69, 9.17) is 9.47 Å². The van der Waals surface area contributed by atoms with Crippen molar-refractivity contribution in [2.75, 3.05) is 25.7 Å². The maximum Gasteiger partial charge on any atom is 0.323 e. The molecule has 0 aliphatic carbocycles. The van der Waals surface area contributed by atoms with Crippen LogP contribution in [0.3, 0.4) is 0 Å². The predicted molar refractivity (Wildman–Crippen MR) is 99.3 cm³/mol. The number of para-hydroxylation sites is 1. The van der Waals surface area contributed by atoms with Gasteiger partial charge in [-0.2, -0.15) is 0 Å². The minimum atomic E-state index is -0.485. The van der Waals surface area contributed by atoms with Gasteiger partial charge in [0.25, 0.3) is 0 Å². The Morgan fingerprint density at radius 1 is 1.26 bits per heavy atom. The monoisotopic (exact) mass is 370 g/mol. The van der Waals surface area contributed by atoms with Crippen LogP contribution in [0.4, 0.5) is 11.4 Å². The van der Waals surface area contributed by atoms with Crippen LogP contribution >= 0.6 is 0 Å². The van der Waals surface area contributed by atoms with E-state index < -0.39 is 4.92 Å². The van der Waals surface area contributed by atoms with Crippen LogP contribution in [0.15, 0.2) is 47.6 Å². The zero-order valence-corrected chi connectivity index (χ0v) is 14.9. The summed E-state index contributed by atoms with van der Waals surface area (Å²) < 4.78 is 15.5. The molecule has 3 rings (SSSR count). The number of hydrogen-bond acceptors (Lipinski definition) is 8. The Hall–Kier alpha value is -3.62. The van der Waals surface area contributed by atoms with Crippen molar-refractivity contribution in [2.45, 2.75) is 6.54 Å². The number of fused-ring (bicyclic) bond motifs is 1. The third kappa shape index (κ3) is 3.39. The third-order valence-corrected chi connectivity index (χ3v) is 4.10. The van der Waals surface area contributed by atoms with Gasteiger partial charge in [0.15, 0.2) is 11.5 Å². The van der Waals surface area contributed by atoms with Crippen molar-refractivity contribution in [3.05, 3.63) is 58.7 Å². The van der Waals surface area contributed by atoms with E-state index >= 15 is 0 Å². The van der Waals surface area contributed by atoms with E-state index in [2.05, 4.69) is 21.5 Å². The molecule has 1 aromatic heterocycles. The first-order valence-corrected chi connectivity index (χ1v) is 8.06. The molecule has 0 unspecified atom stereocenters. The van der Waals surface area contributed by atoms with Crippen LogP contribution in [-0.2, 0) is 6.54 Å². The molecule has 0 bridgehead atoms. The van der Waals surface area contributed by atoms with Gasteiger partial charge in [-0.25, -0.2) is 4.63 Å². The largest absolute Gasteiger partial charge is 0.493 e. The van der Waals surface area contributed by atoms with Gasteiger partial charge in [-0.3, -0.25) is 10.1 Å². The van der Waals surface area contributed by atoms with Gasteiger partial charge in [0.05, 0.1) is 19.1 Å². The zero-order valence-electron chi connectivity index (χ0n) is 14.9. The molecule has 2 aromatic carbocycles. The molecule has 0 spiro atoms. The highest BCUT2D eigenvalue weighted by Crippen LogP contribution is 2.37. The van der Waals surface area contributed by atoms with Gasteiger partial charge in [0.1, 0.15) is 11.2 Å². The number of rotatable bonds is 8. The topological polar surface area (TPSA) is 104 Å². The third-order valence-electron chi connectivity index (χ3n) is 4.10. The SMILES string of the molecule is C=CCN(Cc1cccc(OC)c1OC)c1ccc2nonc2c1[N+](=O)[O-]. The maximum atomic E-state index is 11.7. The van der Waals surface area contributed by atoms with E-state index in [9.17, 15) is 10.1 Å². The number of aromatic nitrogens is 2. The standard InChI is InChI=1S/C18H18N4O5/c1-4-10-21(11-12-6-5-7-15(25-2)18(12)26-3)14-9-8-13-16(20-27-19-13)17(14)22(23)24/h4-9H,1,10-11H2,2-3H3. The summed E-state index contributed by atoms with van der Waals surface area (Å²) in [6, 6.07) is 8.75. The Morgan fingerprint density at radius 2 is 2.07 bits per heavy atom. The molecular formula is C18H18N4O5. The lowest BCUT2D eigenvalue weighted by Gasteiger charge is -2.24. The Morgan fingerprint density at radius 3 is 2.74 bits per heavy atom. The van der Waals surface area contributed by atoms with Crippen molar-refractivity contribution >= 4 is 22.4 Å². The average Bonchev–Trinajstić information content (AvgIpc) is 3.15. The molecule has 0 atom stereocenters. The molecule has 0 aliphatic heterocycles. The lowest BCUT2D eigenvalue weighted by Crippen LogP contribution is -2.24. The summed E-state index contributed by atoms with van der Waals surface area (Å²) in [4.78, 5) is 13.0. The second kappa shape index (κ2) is 7.73. The van der Waals surface area contributed by atoms with Gasteiger partial charge < -0.3 is 14.4 Å². The summed E-state index contributed by atoms with van der Waals surface area (Å²) in [6.45, 7) is 4.47. The van der Waals surface area contributed by atoms with Crippen LogP contribution in [0.1, 0.15) is 5.56 Å². The summed E-state index contributed by atoms with van der Waals surface area (Å²) in [6.07, 6.45) is 1.67. The molecule has 0 aliphatic rings. The lowest BCUT2D eigenvalue weighted by molar-refractivity contribution is -0.382. The molecular weight excluding hydrogens is 352 g/mol. The number of hydrogen-bond donors (Lipinski definition) is 0. The zero-order chi connectivity index (χ0) is 19.4. The summed E-state index contributed by atoms with van der Waals surface area (Å²) in [5, 5.41) is 19.1. The van der Waals surface area contributed by atoms with Crippen LogP contribution in [0.2, 0.25) is 0 Å². The molecule has 0 amide bonds. The molecule has 1 heterocycles. The van der Waals surface area contributed by atoms with Gasteiger partial charge in [0.2, 0.25) is 5.52 Å². The quantitative estimate of drug-likeness (QED) is 0.338. The second-order valence-corrected chi connectivity index (χ2v) is 5.64. The lowest BCUT2D eigenvalue weighted by atomic mass is 10.1. The normalized spacial score (nSPS) is 10.6. The molecule has 140 valence electrons. The van der Waals surface area contributed by atoms with Crippen LogP contribution in [-0.4, -0.2) is 36.0 Å². The number of methoxy groups -OCH3 is 2. The van der Waals surface area contributed by atoms with E-state index in [1.54, 1.807) is 43.4 Å². The first-order valence-electron chi connectivity index (χ1n) is 8.06. The minimum absolute atomic E-state index is 0.101. The fraction of sp³-hybridized carbons (Fsp3) is 0.222. The Labute approximate surface area is 154 Å². The van der Waals surface area contributed by atoms with Crippen LogP contribution in [0.25, 0.3) is 11.0 Å². The first kappa shape index (κ1) is 18.2. The van der Waals surface area contributed by atoms with Crippen LogP contribution in [0, 0.1) is 10.1 Å². The van der Waals surface area contributed by atoms with E-state index in [0.717, 1.165) is 5.56 Å². The molecule has 0 saturated heterocycles. The highest BCUT2D eigenvalue weighted by Gasteiger charge is 2.26. The van der Waals surface area contributed by atoms with Gasteiger partial charge >= 0.3 is 5.69 Å². The summed E-state index contributed by atoms with van der Waals surface area (Å²) in [5.74, 6) is 1.15. The van der Waals surface area contributed by atoms with Crippen molar-refractivity contribution in [1.82, 2.24) is 10.3 Å². The number of anilines is 1. The maximum absolute atomic E-state index is 11.7. The highest BCUT2D eigenvalue weighted by atomic mass is 16.6. The number of nitro groups is 1. The second-order valence-electron chi connectivity index (χ2n) is 5.64. The number of nitrogens with zero attached hydrogens (tertiary/aromatic N) is 4. The first-order chi connectivity index (χ1) is 13.1. The molecule has 0 N–H and O–H groups in total. The van der Waals surface area contributed by atoms with Crippen molar-refractivity contribution in [3.63, 3.8) is 0 Å². The smallest absolute Gasteiger partial charge is 0.323 e. The van der Waals surface area contributed by atoms with Gasteiger partial charge in [0, 0.05) is 18.7 Å². The van der Waals surface area contributed by atoms with Crippen molar-refractivity contribution < 1.29 is 19.0 Å². The van der Waals surface area contributed by atoms with E-state index in [0.29, 0.717) is 35.8 Å². The summed E-state index contributed by atoms with van der Waals surface area (Å²) in [7, 11) is 3.11. The Kier molecular flexibility index (Phi) is 5.20. The molecule has 9 nitrogen and oxygen atoms in total. The fourth-order valence-electron chi connectivity index (χ4n) is 2.95. The predicted octanol–water partition coefficient (Wildman–Crippen LogP) is 3.34. The molecule has 3 aromatic rings. The Balaban J connectivity index is 2.10. The van der Waals surface area contributed by atoms with Crippen molar-refractivity contribution in [1.29, 1.82) is 0 Å². The summed E-state index contributed by atoms with van der Waals surface area (Å²) in [5.41, 5.74) is 1.45. The molecule has 27 heavy (non-hydrogen) atoms. The summed E-state index contributed by atoms with van der Waals surface area (Å²) >= 11 is 0.